The van der Waals surface area contributed by atoms with Crippen LogP contribution in [0.1, 0.15) is 30.5 Å². The summed E-state index contributed by atoms with van der Waals surface area (Å²) in [6.45, 7) is 5.26. The van der Waals surface area contributed by atoms with Crippen LogP contribution in [0.2, 0.25) is 0 Å². The molecule has 0 aliphatic heterocycles. The average molecular weight is 318 g/mol. The molecular formula is C17H18O2S2. The van der Waals surface area contributed by atoms with Gasteiger partial charge < -0.3 is 0 Å². The molecule has 0 radical (unpaired) electrons. The fourth-order valence-corrected chi connectivity index (χ4v) is 3.48. The summed E-state index contributed by atoms with van der Waals surface area (Å²) in [6.07, 6.45) is 0. The van der Waals surface area contributed by atoms with Crippen LogP contribution in [0.3, 0.4) is 0 Å². The lowest BCUT2D eigenvalue weighted by molar-refractivity contribution is -0.109. The van der Waals surface area contributed by atoms with Gasteiger partial charge >= 0.3 is 0 Å². The molecule has 0 saturated carbocycles. The van der Waals surface area contributed by atoms with Crippen LogP contribution in [-0.4, -0.2) is 10.2 Å². The Morgan fingerprint density at radius 2 is 1.33 bits per heavy atom. The van der Waals surface area contributed by atoms with Crippen LogP contribution in [0.25, 0.3) is 11.1 Å². The van der Waals surface area contributed by atoms with E-state index in [1.165, 1.54) is 40.2 Å². The van der Waals surface area contributed by atoms with Crippen LogP contribution in [0.15, 0.2) is 30.3 Å². The summed E-state index contributed by atoms with van der Waals surface area (Å²) in [6, 6.07) is 10.5. The van der Waals surface area contributed by atoms with Gasteiger partial charge in [0.05, 0.1) is 0 Å². The average Bonchev–Trinajstić information content (AvgIpc) is 2.80. The van der Waals surface area contributed by atoms with Crippen LogP contribution in [0.5, 0.6) is 0 Å². The van der Waals surface area contributed by atoms with Gasteiger partial charge in [0, 0.05) is 25.4 Å². The van der Waals surface area contributed by atoms with Gasteiger partial charge in [0.15, 0.2) is 10.2 Å². The number of fused-ring (bicyclic) bond motifs is 1. The Labute approximate surface area is 134 Å². The van der Waals surface area contributed by atoms with Gasteiger partial charge in [-0.1, -0.05) is 53.9 Å². The molecule has 0 fully saturated rings. The molecule has 4 heteroatoms. The molecule has 0 aromatic carbocycles. The fraction of sp³-hybridized carbons (Fsp3) is 0.294. The first kappa shape index (κ1) is 16.1. The van der Waals surface area contributed by atoms with Crippen molar-refractivity contribution in [1.82, 2.24) is 0 Å². The first-order chi connectivity index (χ1) is 9.97. The van der Waals surface area contributed by atoms with E-state index in [0.29, 0.717) is 11.5 Å². The number of hydrogen-bond donors (Lipinski definition) is 0. The second kappa shape index (κ2) is 7.14. The summed E-state index contributed by atoms with van der Waals surface area (Å²) in [5.74, 6) is 1.35. The number of carbonyl (C=O) groups is 2. The Hall–Kier alpha value is -1.26. The zero-order valence-electron chi connectivity index (χ0n) is 12.4. The predicted molar refractivity (Wildman–Crippen MR) is 91.8 cm³/mol. The number of hydrogen-bond acceptors (Lipinski definition) is 4. The standard InChI is InChI=1S/C17H18O2S2/c1-11-16(9-20-12(2)18)7-14-5-4-6-15(14)8-17(11)10-21-13(3)19/h4-8H,9-10H2,1-3H3. The van der Waals surface area contributed by atoms with E-state index in [0.717, 1.165) is 11.1 Å². The van der Waals surface area contributed by atoms with Crippen molar-refractivity contribution in [3.8, 4) is 11.1 Å². The molecule has 0 atom stereocenters. The molecule has 2 aliphatic rings. The molecule has 0 N–H and O–H groups in total. The van der Waals surface area contributed by atoms with Crippen LogP contribution >= 0.6 is 23.5 Å². The minimum Gasteiger partial charge on any atom is -0.288 e. The Morgan fingerprint density at radius 3 is 1.71 bits per heavy atom. The molecule has 0 saturated heterocycles. The van der Waals surface area contributed by atoms with E-state index in [-0.39, 0.29) is 10.2 Å². The summed E-state index contributed by atoms with van der Waals surface area (Å²) < 4.78 is 0. The molecule has 110 valence electrons. The zero-order chi connectivity index (χ0) is 15.4. The fourth-order valence-electron chi connectivity index (χ4n) is 2.17. The molecule has 0 spiro atoms. The lowest BCUT2D eigenvalue weighted by atomic mass is 10.1. The van der Waals surface area contributed by atoms with Crippen molar-refractivity contribution in [2.45, 2.75) is 32.3 Å². The van der Waals surface area contributed by atoms with Gasteiger partial charge in [-0.25, -0.2) is 0 Å². The highest BCUT2D eigenvalue weighted by Gasteiger charge is 2.11. The molecule has 0 bridgehead atoms. The normalized spacial score (nSPS) is 10.8. The number of carbonyl (C=O) groups excluding carboxylic acids is 2. The number of rotatable bonds is 4. The van der Waals surface area contributed by atoms with Gasteiger partial charge in [0.25, 0.3) is 0 Å². The monoisotopic (exact) mass is 318 g/mol. The van der Waals surface area contributed by atoms with E-state index in [9.17, 15) is 9.59 Å². The molecular weight excluding hydrogens is 300 g/mol. The number of thioether (sulfide) groups is 2. The maximum Gasteiger partial charge on any atom is 0.186 e. The van der Waals surface area contributed by atoms with Crippen LogP contribution in [-0.2, 0) is 21.1 Å². The lowest BCUT2D eigenvalue weighted by Gasteiger charge is -2.06. The first-order valence-electron chi connectivity index (χ1n) is 6.75. The van der Waals surface area contributed by atoms with Crippen LogP contribution in [0.4, 0.5) is 0 Å². The molecule has 0 aromatic heterocycles. The van der Waals surface area contributed by atoms with Gasteiger partial charge in [0.1, 0.15) is 0 Å². The van der Waals surface area contributed by atoms with Gasteiger partial charge in [0.2, 0.25) is 0 Å². The van der Waals surface area contributed by atoms with Crippen molar-refractivity contribution in [3.63, 3.8) is 0 Å². The molecule has 0 heterocycles. The Balaban J connectivity index is 2.42. The summed E-state index contributed by atoms with van der Waals surface area (Å²) in [5.41, 5.74) is 5.85. The maximum absolute atomic E-state index is 11.2. The van der Waals surface area contributed by atoms with E-state index >= 15 is 0 Å². The second-order valence-corrected chi connectivity index (χ2v) is 7.27. The summed E-state index contributed by atoms with van der Waals surface area (Å²) in [5, 5.41) is 0.249. The van der Waals surface area contributed by atoms with E-state index in [1.807, 2.05) is 6.07 Å². The van der Waals surface area contributed by atoms with E-state index in [1.54, 1.807) is 13.8 Å². The smallest absolute Gasteiger partial charge is 0.186 e. The lowest BCUT2D eigenvalue weighted by Crippen LogP contribution is -1.92. The second-order valence-electron chi connectivity index (χ2n) is 4.96. The van der Waals surface area contributed by atoms with Crippen molar-refractivity contribution in [3.05, 3.63) is 47.0 Å². The van der Waals surface area contributed by atoms with E-state index in [2.05, 4.69) is 31.2 Å². The van der Waals surface area contributed by atoms with E-state index < -0.39 is 0 Å². The van der Waals surface area contributed by atoms with Crippen molar-refractivity contribution in [1.29, 1.82) is 0 Å². The van der Waals surface area contributed by atoms with Gasteiger partial charge in [-0.3, -0.25) is 9.59 Å². The molecule has 21 heavy (non-hydrogen) atoms. The van der Waals surface area contributed by atoms with Gasteiger partial charge in [-0.15, -0.1) is 0 Å². The van der Waals surface area contributed by atoms with Crippen molar-refractivity contribution >= 4 is 33.8 Å². The highest BCUT2D eigenvalue weighted by molar-refractivity contribution is 8.13. The highest BCUT2D eigenvalue weighted by Crippen LogP contribution is 2.30. The van der Waals surface area contributed by atoms with E-state index in [4.69, 9.17) is 0 Å². The maximum atomic E-state index is 11.2. The molecule has 0 amide bonds. The molecule has 2 nitrogen and oxygen atoms in total. The van der Waals surface area contributed by atoms with Crippen molar-refractivity contribution in [2.75, 3.05) is 0 Å². The van der Waals surface area contributed by atoms with Gasteiger partial charge in [-0.05, 0) is 34.7 Å². The third-order valence-corrected chi connectivity index (χ3v) is 5.09. The summed E-state index contributed by atoms with van der Waals surface area (Å²) in [4.78, 5) is 22.5. The highest BCUT2D eigenvalue weighted by atomic mass is 32.2. The molecule has 2 aliphatic carbocycles. The largest absolute Gasteiger partial charge is 0.288 e. The van der Waals surface area contributed by atoms with Crippen molar-refractivity contribution in [2.24, 2.45) is 0 Å². The third-order valence-electron chi connectivity index (χ3n) is 3.37. The summed E-state index contributed by atoms with van der Waals surface area (Å²) >= 11 is 2.65. The molecule has 2 rings (SSSR count). The van der Waals surface area contributed by atoms with Crippen molar-refractivity contribution < 1.29 is 9.59 Å². The van der Waals surface area contributed by atoms with Gasteiger partial charge in [-0.2, -0.15) is 0 Å². The molecule has 0 aromatic rings. The SMILES string of the molecule is CC(=O)SCc1cc2cccc-2cc(CSC(C)=O)c1C. The minimum atomic E-state index is 0.124. The Morgan fingerprint density at radius 1 is 0.905 bits per heavy atom. The quantitative estimate of drug-likeness (QED) is 0.821. The first-order valence-corrected chi connectivity index (χ1v) is 8.72. The Kier molecular flexibility index (Phi) is 5.48. The van der Waals surface area contributed by atoms with Crippen LogP contribution in [0, 0.1) is 6.92 Å². The topological polar surface area (TPSA) is 34.1 Å². The third kappa shape index (κ3) is 4.35. The zero-order valence-corrected chi connectivity index (χ0v) is 14.1. The molecule has 0 unspecified atom stereocenters. The minimum absolute atomic E-state index is 0.124. The predicted octanol–water partition coefficient (Wildman–Crippen LogP) is 4.66. The Bertz CT molecular complexity index is 597. The van der Waals surface area contributed by atoms with Crippen LogP contribution < -0.4 is 0 Å². The summed E-state index contributed by atoms with van der Waals surface area (Å²) in [7, 11) is 0.